The summed E-state index contributed by atoms with van der Waals surface area (Å²) in [5.74, 6) is 0.149. The van der Waals surface area contributed by atoms with Crippen LogP contribution in [0.4, 0.5) is 0 Å². The van der Waals surface area contributed by atoms with Crippen LogP contribution in [0.15, 0.2) is 10.7 Å². The zero-order valence-corrected chi connectivity index (χ0v) is 12.4. The molecule has 0 saturated heterocycles. The van der Waals surface area contributed by atoms with Gasteiger partial charge in [-0.3, -0.25) is 9.48 Å². The molecule has 1 rings (SSSR count). The molecule has 1 atom stereocenters. The van der Waals surface area contributed by atoms with Gasteiger partial charge in [0.05, 0.1) is 10.7 Å². The summed E-state index contributed by atoms with van der Waals surface area (Å²) in [6.45, 7) is 8.40. The van der Waals surface area contributed by atoms with Crippen molar-refractivity contribution in [3.8, 4) is 0 Å². The van der Waals surface area contributed by atoms with Gasteiger partial charge in [-0.05, 0) is 35.7 Å². The van der Waals surface area contributed by atoms with Crippen molar-refractivity contribution in [3.05, 3.63) is 16.4 Å². The van der Waals surface area contributed by atoms with Crippen molar-refractivity contribution in [2.45, 2.75) is 33.7 Å². The van der Waals surface area contributed by atoms with E-state index in [0.29, 0.717) is 12.2 Å². The van der Waals surface area contributed by atoms with Gasteiger partial charge in [-0.2, -0.15) is 5.10 Å². The van der Waals surface area contributed by atoms with Crippen LogP contribution in [-0.4, -0.2) is 22.1 Å². The number of Topliss-reactive ketones (excluding diaryl/α,β-unsaturated/α-hetero) is 1. The Kier molecular flexibility index (Phi) is 4.89. The fraction of sp³-hybridized carbons (Fsp3) is 0.667. The monoisotopic (exact) mass is 301 g/mol. The Bertz CT molecular complexity index is 398. The molecule has 0 bridgehead atoms. The highest BCUT2D eigenvalue weighted by Crippen LogP contribution is 2.25. The molecule has 0 aliphatic rings. The number of nitrogens with two attached hydrogens (primary N) is 1. The summed E-state index contributed by atoms with van der Waals surface area (Å²) in [5.41, 5.74) is 6.32. The Morgan fingerprint density at radius 1 is 1.47 bits per heavy atom. The zero-order valence-electron chi connectivity index (χ0n) is 10.8. The standard InChI is InChI=1S/C12H20BrN3O/c1-7(2)9(5-14)12(17)11-10(13)6-15-16(11)8(3)4/h6-9H,5,14H2,1-4H3. The Morgan fingerprint density at radius 3 is 2.47 bits per heavy atom. The van der Waals surface area contributed by atoms with Crippen LogP contribution < -0.4 is 5.73 Å². The first kappa shape index (κ1) is 14.4. The molecule has 0 fully saturated rings. The van der Waals surface area contributed by atoms with Gasteiger partial charge in [0, 0.05) is 18.5 Å². The minimum atomic E-state index is -0.152. The lowest BCUT2D eigenvalue weighted by molar-refractivity contribution is 0.0878. The normalized spacial score (nSPS) is 13.4. The molecular weight excluding hydrogens is 282 g/mol. The molecule has 1 unspecified atom stereocenters. The first-order valence-electron chi connectivity index (χ1n) is 5.87. The molecule has 17 heavy (non-hydrogen) atoms. The third-order valence-corrected chi connectivity index (χ3v) is 3.45. The smallest absolute Gasteiger partial charge is 0.186 e. The molecule has 0 aromatic carbocycles. The summed E-state index contributed by atoms with van der Waals surface area (Å²) in [6, 6.07) is 0.158. The van der Waals surface area contributed by atoms with Crippen molar-refractivity contribution in [3.63, 3.8) is 0 Å². The minimum absolute atomic E-state index is 0.0700. The third-order valence-electron chi connectivity index (χ3n) is 2.87. The number of carbonyl (C=O) groups is 1. The predicted molar refractivity (Wildman–Crippen MR) is 72.0 cm³/mol. The van der Waals surface area contributed by atoms with E-state index in [4.69, 9.17) is 5.73 Å². The zero-order chi connectivity index (χ0) is 13.2. The molecule has 0 aliphatic heterocycles. The number of nitrogens with zero attached hydrogens (tertiary/aromatic N) is 2. The average molecular weight is 302 g/mol. The number of hydrogen-bond donors (Lipinski definition) is 1. The number of halogens is 1. The quantitative estimate of drug-likeness (QED) is 0.851. The van der Waals surface area contributed by atoms with E-state index in [1.807, 2.05) is 27.7 Å². The number of rotatable bonds is 5. The van der Waals surface area contributed by atoms with Crippen LogP contribution in [0.3, 0.4) is 0 Å². The lowest BCUT2D eigenvalue weighted by atomic mass is 9.90. The lowest BCUT2D eigenvalue weighted by Gasteiger charge is -2.19. The van der Waals surface area contributed by atoms with Gasteiger partial charge in [-0.25, -0.2) is 0 Å². The summed E-state index contributed by atoms with van der Waals surface area (Å²) in [4.78, 5) is 12.5. The van der Waals surface area contributed by atoms with Crippen molar-refractivity contribution in [1.29, 1.82) is 0 Å². The molecule has 1 heterocycles. The Hall–Kier alpha value is -0.680. The summed E-state index contributed by atoms with van der Waals surface area (Å²) in [5, 5.41) is 4.22. The fourth-order valence-corrected chi connectivity index (χ4v) is 2.29. The third kappa shape index (κ3) is 2.96. The van der Waals surface area contributed by atoms with E-state index in [0.717, 1.165) is 4.47 Å². The molecule has 4 nitrogen and oxygen atoms in total. The lowest BCUT2D eigenvalue weighted by Crippen LogP contribution is -2.30. The molecule has 0 amide bonds. The highest BCUT2D eigenvalue weighted by Gasteiger charge is 2.27. The van der Waals surface area contributed by atoms with Crippen LogP contribution in [0.5, 0.6) is 0 Å². The number of hydrogen-bond acceptors (Lipinski definition) is 3. The van der Waals surface area contributed by atoms with Crippen molar-refractivity contribution < 1.29 is 4.79 Å². The van der Waals surface area contributed by atoms with E-state index in [1.165, 1.54) is 0 Å². The molecule has 96 valence electrons. The number of aromatic nitrogens is 2. The van der Waals surface area contributed by atoms with E-state index in [-0.39, 0.29) is 23.7 Å². The Balaban J connectivity index is 3.15. The van der Waals surface area contributed by atoms with Gasteiger partial charge < -0.3 is 5.73 Å². The first-order chi connectivity index (χ1) is 7.90. The summed E-state index contributed by atoms with van der Waals surface area (Å²) < 4.78 is 2.49. The second-order valence-corrected chi connectivity index (χ2v) is 5.68. The largest absolute Gasteiger partial charge is 0.330 e. The highest BCUT2D eigenvalue weighted by atomic mass is 79.9. The second kappa shape index (κ2) is 5.78. The fourth-order valence-electron chi connectivity index (χ4n) is 1.82. The average Bonchev–Trinajstić information content (AvgIpc) is 2.60. The van der Waals surface area contributed by atoms with Crippen LogP contribution in [0.2, 0.25) is 0 Å². The van der Waals surface area contributed by atoms with Crippen molar-refractivity contribution in [2.24, 2.45) is 17.6 Å². The second-order valence-electron chi connectivity index (χ2n) is 4.83. The van der Waals surface area contributed by atoms with E-state index in [1.54, 1.807) is 10.9 Å². The van der Waals surface area contributed by atoms with Gasteiger partial charge in [-0.15, -0.1) is 0 Å². The molecule has 0 aliphatic carbocycles. The minimum Gasteiger partial charge on any atom is -0.330 e. The van der Waals surface area contributed by atoms with Crippen LogP contribution in [-0.2, 0) is 0 Å². The SMILES string of the molecule is CC(C)C(CN)C(=O)c1c(Br)cnn1C(C)C. The molecule has 1 aromatic rings. The van der Waals surface area contributed by atoms with Crippen LogP contribution in [0.1, 0.15) is 44.2 Å². The molecule has 5 heteroatoms. The number of carbonyl (C=O) groups excluding carboxylic acids is 1. The first-order valence-corrected chi connectivity index (χ1v) is 6.66. The van der Waals surface area contributed by atoms with E-state index in [2.05, 4.69) is 21.0 Å². The van der Waals surface area contributed by atoms with E-state index in [9.17, 15) is 4.79 Å². The highest BCUT2D eigenvalue weighted by molar-refractivity contribution is 9.10. The molecule has 2 N–H and O–H groups in total. The summed E-state index contributed by atoms with van der Waals surface area (Å²) >= 11 is 3.39. The van der Waals surface area contributed by atoms with Crippen LogP contribution in [0.25, 0.3) is 0 Å². The van der Waals surface area contributed by atoms with Crippen LogP contribution in [0, 0.1) is 11.8 Å². The predicted octanol–water partition coefficient (Wildman–Crippen LogP) is 2.64. The van der Waals surface area contributed by atoms with Crippen molar-refractivity contribution in [2.75, 3.05) is 6.54 Å². The summed E-state index contributed by atoms with van der Waals surface area (Å²) in [7, 11) is 0. The molecule has 0 spiro atoms. The van der Waals surface area contributed by atoms with Gasteiger partial charge in [0.2, 0.25) is 0 Å². The maximum Gasteiger partial charge on any atom is 0.186 e. The van der Waals surface area contributed by atoms with Gasteiger partial charge >= 0.3 is 0 Å². The van der Waals surface area contributed by atoms with Crippen molar-refractivity contribution in [1.82, 2.24) is 9.78 Å². The summed E-state index contributed by atoms with van der Waals surface area (Å²) in [6.07, 6.45) is 1.67. The maximum absolute atomic E-state index is 12.5. The maximum atomic E-state index is 12.5. The van der Waals surface area contributed by atoms with Gasteiger partial charge in [-0.1, -0.05) is 13.8 Å². The van der Waals surface area contributed by atoms with E-state index < -0.39 is 0 Å². The van der Waals surface area contributed by atoms with Gasteiger partial charge in [0.1, 0.15) is 5.69 Å². The molecule has 0 radical (unpaired) electrons. The Morgan fingerprint density at radius 2 is 2.06 bits per heavy atom. The van der Waals surface area contributed by atoms with Crippen molar-refractivity contribution >= 4 is 21.7 Å². The van der Waals surface area contributed by atoms with Gasteiger partial charge in [0.15, 0.2) is 5.78 Å². The van der Waals surface area contributed by atoms with Gasteiger partial charge in [0.25, 0.3) is 0 Å². The number of ketones is 1. The molecule has 0 saturated carbocycles. The molecular formula is C12H20BrN3O. The topological polar surface area (TPSA) is 60.9 Å². The molecule has 1 aromatic heterocycles. The Labute approximate surface area is 111 Å². The van der Waals surface area contributed by atoms with Crippen LogP contribution >= 0.6 is 15.9 Å². The van der Waals surface area contributed by atoms with E-state index >= 15 is 0 Å².